The average molecular weight is 283 g/mol. The maximum absolute atomic E-state index is 11.8. The lowest BCUT2D eigenvalue weighted by Crippen LogP contribution is -2.26. The molecular formula is C11H13N3O4S. The fraction of sp³-hybridized carbons (Fsp3) is 0.273. The number of carbonyl (C=O) groups is 1. The Kier molecular flexibility index (Phi) is 3.54. The summed E-state index contributed by atoms with van der Waals surface area (Å²) in [5, 5.41) is 5.07. The summed E-state index contributed by atoms with van der Waals surface area (Å²) in [4.78, 5) is 15.8. The van der Waals surface area contributed by atoms with Crippen molar-refractivity contribution in [1.82, 2.24) is 3.97 Å². The van der Waals surface area contributed by atoms with E-state index in [4.69, 9.17) is 5.14 Å². The van der Waals surface area contributed by atoms with E-state index < -0.39 is 16.2 Å². The van der Waals surface area contributed by atoms with Crippen LogP contribution in [0.5, 0.6) is 0 Å². The minimum atomic E-state index is -4.05. The molecule has 8 heteroatoms. The fourth-order valence-corrected chi connectivity index (χ4v) is 2.60. The maximum Gasteiger partial charge on any atom is 0.356 e. The number of aromatic nitrogens is 1. The minimum Gasteiger partial charge on any atom is -0.464 e. The molecule has 0 amide bonds. The quantitative estimate of drug-likeness (QED) is 0.810. The smallest absolute Gasteiger partial charge is 0.356 e. The summed E-state index contributed by atoms with van der Waals surface area (Å²) < 4.78 is 28.3. The van der Waals surface area contributed by atoms with Gasteiger partial charge in [0.05, 0.1) is 7.11 Å². The first-order valence-corrected chi connectivity index (χ1v) is 6.96. The second-order valence-corrected chi connectivity index (χ2v) is 5.40. The first-order chi connectivity index (χ1) is 8.95. The van der Waals surface area contributed by atoms with Crippen LogP contribution in [0.2, 0.25) is 0 Å². The summed E-state index contributed by atoms with van der Waals surface area (Å²) in [5.41, 5.74) is 0.436. The predicted octanol–water partition coefficient (Wildman–Crippen LogP) is 0.398. The Morgan fingerprint density at radius 2 is 2.32 bits per heavy atom. The Hall–Kier alpha value is -1.93. The molecule has 1 aliphatic rings. The Labute approximate surface area is 110 Å². The van der Waals surface area contributed by atoms with Gasteiger partial charge < -0.3 is 4.74 Å². The number of hydrogen-bond acceptors (Lipinski definition) is 5. The number of ether oxygens (including phenoxy) is 1. The van der Waals surface area contributed by atoms with Crippen LogP contribution < -0.4 is 5.14 Å². The lowest BCUT2D eigenvalue weighted by Gasteiger charge is -2.13. The van der Waals surface area contributed by atoms with Crippen molar-refractivity contribution in [3.63, 3.8) is 0 Å². The van der Waals surface area contributed by atoms with Gasteiger partial charge in [0.15, 0.2) is 0 Å². The summed E-state index contributed by atoms with van der Waals surface area (Å²) in [6, 6.07) is 1.53. The summed E-state index contributed by atoms with van der Waals surface area (Å²) in [6.07, 6.45) is 6.99. The van der Waals surface area contributed by atoms with E-state index in [1.54, 1.807) is 12.4 Å². The van der Waals surface area contributed by atoms with Gasteiger partial charge in [0.2, 0.25) is 0 Å². The molecule has 1 aromatic rings. The number of methoxy groups -OCH3 is 1. The van der Waals surface area contributed by atoms with Gasteiger partial charge >= 0.3 is 16.2 Å². The molecule has 0 saturated carbocycles. The Morgan fingerprint density at radius 1 is 1.58 bits per heavy atom. The standard InChI is InChI=1S/C11H13N3O4S/c1-18-11(15)10-9(8-3-2-5-13-7-8)4-6-14(10)19(12,16)17/h2,4-8H,3H2,1H3,(H2,12,16,17). The number of hydrogen-bond donors (Lipinski definition) is 1. The Bertz CT molecular complexity index is 657. The van der Waals surface area contributed by atoms with Crippen LogP contribution in [0.1, 0.15) is 28.4 Å². The van der Waals surface area contributed by atoms with Crippen LogP contribution in [0.25, 0.3) is 0 Å². The molecule has 102 valence electrons. The van der Waals surface area contributed by atoms with Crippen molar-refractivity contribution in [3.05, 3.63) is 35.8 Å². The molecule has 0 radical (unpaired) electrons. The molecule has 7 nitrogen and oxygen atoms in total. The van der Waals surface area contributed by atoms with Crippen LogP contribution in [-0.2, 0) is 14.9 Å². The molecule has 0 aromatic carbocycles. The number of nitrogens with zero attached hydrogens (tertiary/aromatic N) is 2. The van der Waals surface area contributed by atoms with E-state index in [1.807, 2.05) is 6.08 Å². The van der Waals surface area contributed by atoms with Gasteiger partial charge in [-0.2, -0.15) is 8.42 Å². The lowest BCUT2D eigenvalue weighted by molar-refractivity contribution is 0.0591. The summed E-state index contributed by atoms with van der Waals surface area (Å²) in [7, 11) is -2.87. The van der Waals surface area contributed by atoms with Gasteiger partial charge in [-0.25, -0.2) is 13.9 Å². The van der Waals surface area contributed by atoms with Crippen LogP contribution in [0.15, 0.2) is 29.5 Å². The normalized spacial score (nSPS) is 18.5. The third-order valence-electron chi connectivity index (χ3n) is 2.78. The van der Waals surface area contributed by atoms with Crippen molar-refractivity contribution in [2.75, 3.05) is 7.11 Å². The molecule has 2 heterocycles. The van der Waals surface area contributed by atoms with Gasteiger partial charge in [-0.05, 0) is 18.1 Å². The van der Waals surface area contributed by atoms with Crippen molar-refractivity contribution in [2.45, 2.75) is 12.3 Å². The van der Waals surface area contributed by atoms with Gasteiger partial charge in [-0.15, -0.1) is 0 Å². The minimum absolute atomic E-state index is 0.0863. The van der Waals surface area contributed by atoms with Crippen LogP contribution >= 0.6 is 0 Å². The molecule has 0 aliphatic carbocycles. The van der Waals surface area contributed by atoms with Gasteiger partial charge in [0, 0.05) is 24.5 Å². The number of nitrogens with two attached hydrogens (primary N) is 1. The Morgan fingerprint density at radius 3 is 2.84 bits per heavy atom. The summed E-state index contributed by atoms with van der Waals surface area (Å²) in [5.74, 6) is -0.931. The summed E-state index contributed by atoms with van der Waals surface area (Å²) in [6.45, 7) is 0. The highest BCUT2D eigenvalue weighted by atomic mass is 32.2. The lowest BCUT2D eigenvalue weighted by atomic mass is 9.96. The van der Waals surface area contributed by atoms with E-state index in [0.717, 1.165) is 3.97 Å². The number of allylic oxidation sites excluding steroid dienone is 1. The van der Waals surface area contributed by atoms with Gasteiger partial charge in [-0.1, -0.05) is 6.08 Å². The summed E-state index contributed by atoms with van der Waals surface area (Å²) >= 11 is 0. The molecule has 1 aliphatic heterocycles. The third kappa shape index (κ3) is 2.59. The number of carbonyl (C=O) groups excluding carboxylic acids is 1. The fourth-order valence-electron chi connectivity index (χ4n) is 1.93. The molecule has 0 saturated heterocycles. The second-order valence-electron chi connectivity index (χ2n) is 3.98. The highest BCUT2D eigenvalue weighted by Gasteiger charge is 2.26. The van der Waals surface area contributed by atoms with Crippen molar-refractivity contribution >= 4 is 22.4 Å². The predicted molar refractivity (Wildman–Crippen MR) is 69.3 cm³/mol. The molecule has 0 fully saturated rings. The van der Waals surface area contributed by atoms with Gasteiger partial charge in [0.1, 0.15) is 5.69 Å². The zero-order valence-electron chi connectivity index (χ0n) is 10.2. The highest BCUT2D eigenvalue weighted by Crippen LogP contribution is 2.26. The number of aliphatic imine (C=N–C) groups is 1. The molecule has 1 unspecified atom stereocenters. The molecule has 0 bridgehead atoms. The number of esters is 1. The van der Waals surface area contributed by atoms with Crippen molar-refractivity contribution in [1.29, 1.82) is 0 Å². The van der Waals surface area contributed by atoms with E-state index in [9.17, 15) is 13.2 Å². The monoisotopic (exact) mass is 283 g/mol. The molecule has 2 N–H and O–H groups in total. The Balaban J connectivity index is 2.56. The molecule has 1 aromatic heterocycles. The van der Waals surface area contributed by atoms with E-state index >= 15 is 0 Å². The van der Waals surface area contributed by atoms with Gasteiger partial charge in [0.25, 0.3) is 0 Å². The van der Waals surface area contributed by atoms with Crippen molar-refractivity contribution in [3.8, 4) is 0 Å². The molecule has 2 rings (SSSR count). The molecule has 0 spiro atoms. The molecule has 19 heavy (non-hydrogen) atoms. The van der Waals surface area contributed by atoms with E-state index in [0.29, 0.717) is 12.0 Å². The van der Waals surface area contributed by atoms with Crippen molar-refractivity contribution < 1.29 is 17.9 Å². The largest absolute Gasteiger partial charge is 0.464 e. The highest BCUT2D eigenvalue weighted by molar-refractivity contribution is 7.87. The third-order valence-corrected chi connectivity index (χ3v) is 3.64. The SMILES string of the molecule is COC(=O)c1c(C2C=NC=CC2)ccn1S(N)(=O)=O. The average Bonchev–Trinajstić information content (AvgIpc) is 2.83. The molecular weight excluding hydrogens is 270 g/mol. The second kappa shape index (κ2) is 4.98. The zero-order chi connectivity index (χ0) is 14.0. The van der Waals surface area contributed by atoms with Crippen LogP contribution in [0.4, 0.5) is 0 Å². The van der Waals surface area contributed by atoms with Crippen LogP contribution in [0.3, 0.4) is 0 Å². The van der Waals surface area contributed by atoms with Crippen molar-refractivity contribution in [2.24, 2.45) is 10.1 Å². The van der Waals surface area contributed by atoms with Gasteiger partial charge in [-0.3, -0.25) is 4.99 Å². The first-order valence-electron chi connectivity index (χ1n) is 5.46. The first kappa shape index (κ1) is 13.5. The zero-order valence-corrected chi connectivity index (χ0v) is 11.0. The van der Waals surface area contributed by atoms with E-state index in [1.165, 1.54) is 19.4 Å². The maximum atomic E-state index is 11.8. The van der Waals surface area contributed by atoms with Crippen LogP contribution in [0, 0.1) is 0 Å². The van der Waals surface area contributed by atoms with E-state index in [-0.39, 0.29) is 11.6 Å². The topological polar surface area (TPSA) is 104 Å². The van der Waals surface area contributed by atoms with Crippen LogP contribution in [-0.4, -0.2) is 31.7 Å². The van der Waals surface area contributed by atoms with E-state index in [2.05, 4.69) is 9.73 Å². The molecule has 1 atom stereocenters. The number of rotatable bonds is 3.